The van der Waals surface area contributed by atoms with Gasteiger partial charge in [-0.2, -0.15) is 0 Å². The zero-order chi connectivity index (χ0) is 12.3. The first-order valence-corrected chi connectivity index (χ1v) is 6.22. The van der Waals surface area contributed by atoms with Crippen LogP contribution >= 0.6 is 0 Å². The molecule has 1 rings (SSSR count). The molecule has 0 saturated heterocycles. The maximum absolute atomic E-state index is 11.3. The first-order valence-electron chi connectivity index (χ1n) is 6.22. The Morgan fingerprint density at radius 3 is 2.62 bits per heavy atom. The van der Waals surface area contributed by atoms with Crippen LogP contribution in [0.25, 0.3) is 0 Å². The molecule has 1 fully saturated rings. The lowest BCUT2D eigenvalue weighted by atomic mass is 9.66. The fourth-order valence-electron chi connectivity index (χ4n) is 2.56. The van der Waals surface area contributed by atoms with Crippen LogP contribution in [0.15, 0.2) is 11.6 Å². The van der Waals surface area contributed by atoms with E-state index in [-0.39, 0.29) is 0 Å². The normalized spacial score (nSPS) is 34.5. The maximum Gasteiger partial charge on any atom is 0.309 e. The lowest BCUT2D eigenvalue weighted by Crippen LogP contribution is -2.36. The van der Waals surface area contributed by atoms with Crippen molar-refractivity contribution >= 4 is 5.97 Å². The number of aliphatic carboxylic acids is 1. The molecule has 0 aliphatic heterocycles. The summed E-state index contributed by atoms with van der Waals surface area (Å²) in [5, 5.41) is 9.26. The first kappa shape index (κ1) is 13.3. The SMILES string of the molecule is CC(C)=CCC1CC(C)(C(=O)O)CCC1C. The average molecular weight is 224 g/mol. The van der Waals surface area contributed by atoms with Gasteiger partial charge in [0.1, 0.15) is 0 Å². The van der Waals surface area contributed by atoms with E-state index in [9.17, 15) is 9.90 Å². The van der Waals surface area contributed by atoms with Gasteiger partial charge in [-0.3, -0.25) is 4.79 Å². The number of carbonyl (C=O) groups is 1. The molecule has 0 radical (unpaired) electrons. The Morgan fingerprint density at radius 2 is 2.12 bits per heavy atom. The number of hydrogen-bond acceptors (Lipinski definition) is 1. The van der Waals surface area contributed by atoms with Crippen LogP contribution in [0.2, 0.25) is 0 Å². The van der Waals surface area contributed by atoms with Crippen LogP contribution in [0.1, 0.15) is 53.4 Å². The molecule has 0 aromatic carbocycles. The topological polar surface area (TPSA) is 37.3 Å². The molecule has 1 N–H and O–H groups in total. The quantitative estimate of drug-likeness (QED) is 0.739. The van der Waals surface area contributed by atoms with Crippen molar-refractivity contribution in [1.82, 2.24) is 0 Å². The Morgan fingerprint density at radius 1 is 1.50 bits per heavy atom. The predicted octanol–water partition coefficient (Wildman–Crippen LogP) is 3.87. The number of allylic oxidation sites excluding steroid dienone is 2. The Kier molecular flexibility index (Phi) is 4.17. The minimum Gasteiger partial charge on any atom is -0.481 e. The molecule has 3 atom stereocenters. The minimum atomic E-state index is -0.624. The monoisotopic (exact) mass is 224 g/mol. The molecule has 1 saturated carbocycles. The molecule has 2 heteroatoms. The molecule has 3 unspecified atom stereocenters. The molecule has 2 nitrogen and oxygen atoms in total. The highest BCUT2D eigenvalue weighted by molar-refractivity contribution is 5.74. The minimum absolute atomic E-state index is 0.493. The summed E-state index contributed by atoms with van der Waals surface area (Å²) in [6.45, 7) is 8.36. The van der Waals surface area contributed by atoms with Gasteiger partial charge in [-0.15, -0.1) is 0 Å². The molecule has 0 bridgehead atoms. The summed E-state index contributed by atoms with van der Waals surface area (Å²) in [4.78, 5) is 11.3. The van der Waals surface area contributed by atoms with Crippen LogP contribution in [0, 0.1) is 17.3 Å². The highest BCUT2D eigenvalue weighted by Crippen LogP contribution is 2.43. The van der Waals surface area contributed by atoms with Gasteiger partial charge >= 0.3 is 5.97 Å². The van der Waals surface area contributed by atoms with Crippen molar-refractivity contribution in [2.75, 3.05) is 0 Å². The van der Waals surface area contributed by atoms with Crippen LogP contribution < -0.4 is 0 Å². The second-order valence-corrected chi connectivity index (χ2v) is 5.86. The lowest BCUT2D eigenvalue weighted by Gasteiger charge is -2.38. The van der Waals surface area contributed by atoms with Crippen molar-refractivity contribution in [2.24, 2.45) is 17.3 Å². The van der Waals surface area contributed by atoms with Gasteiger partial charge < -0.3 is 5.11 Å². The van der Waals surface area contributed by atoms with Crippen molar-refractivity contribution < 1.29 is 9.90 Å². The van der Waals surface area contributed by atoms with E-state index in [0.717, 1.165) is 25.7 Å². The van der Waals surface area contributed by atoms with Gasteiger partial charge in [-0.25, -0.2) is 0 Å². The number of rotatable bonds is 3. The zero-order valence-electron chi connectivity index (χ0n) is 10.9. The molecule has 0 heterocycles. The summed E-state index contributed by atoms with van der Waals surface area (Å²) in [5.74, 6) is 0.564. The molecular formula is C14H24O2. The van der Waals surface area contributed by atoms with Gasteiger partial charge in [0.15, 0.2) is 0 Å². The van der Waals surface area contributed by atoms with Crippen LogP contribution in [0.5, 0.6) is 0 Å². The van der Waals surface area contributed by atoms with E-state index < -0.39 is 11.4 Å². The van der Waals surface area contributed by atoms with Gasteiger partial charge in [0, 0.05) is 0 Å². The summed E-state index contributed by atoms with van der Waals surface area (Å²) in [7, 11) is 0. The van der Waals surface area contributed by atoms with E-state index in [0.29, 0.717) is 11.8 Å². The third-order valence-corrected chi connectivity index (χ3v) is 4.01. The standard InChI is InChI=1S/C14H24O2/c1-10(2)5-6-12-9-14(4,13(15)16)8-7-11(12)3/h5,11-12H,6-9H2,1-4H3,(H,15,16). The first-order chi connectivity index (χ1) is 7.35. The van der Waals surface area contributed by atoms with Gasteiger partial charge in [0.25, 0.3) is 0 Å². The second kappa shape index (κ2) is 5.03. The molecule has 16 heavy (non-hydrogen) atoms. The van der Waals surface area contributed by atoms with Crippen LogP contribution in [0.3, 0.4) is 0 Å². The molecule has 1 aliphatic rings. The largest absolute Gasteiger partial charge is 0.481 e. The van der Waals surface area contributed by atoms with Crippen molar-refractivity contribution in [2.45, 2.75) is 53.4 Å². The third kappa shape index (κ3) is 3.10. The summed E-state index contributed by atoms with van der Waals surface area (Å²) in [5.41, 5.74) is 0.835. The smallest absolute Gasteiger partial charge is 0.309 e. The van der Waals surface area contributed by atoms with Crippen molar-refractivity contribution in [3.05, 3.63) is 11.6 Å². The summed E-state index contributed by atoms with van der Waals surface area (Å²) in [6, 6.07) is 0. The van der Waals surface area contributed by atoms with E-state index in [1.54, 1.807) is 0 Å². The Bertz CT molecular complexity index is 289. The van der Waals surface area contributed by atoms with Gasteiger partial charge in [-0.1, -0.05) is 18.6 Å². The van der Waals surface area contributed by atoms with E-state index in [4.69, 9.17) is 0 Å². The average Bonchev–Trinajstić information content (AvgIpc) is 2.19. The van der Waals surface area contributed by atoms with E-state index >= 15 is 0 Å². The molecule has 0 spiro atoms. The van der Waals surface area contributed by atoms with Crippen LogP contribution in [-0.2, 0) is 4.79 Å². The van der Waals surface area contributed by atoms with Gasteiger partial charge in [0.2, 0.25) is 0 Å². The Hall–Kier alpha value is -0.790. The van der Waals surface area contributed by atoms with Crippen molar-refractivity contribution in [3.63, 3.8) is 0 Å². The van der Waals surface area contributed by atoms with Crippen molar-refractivity contribution in [1.29, 1.82) is 0 Å². The number of carboxylic acid groups (broad SMARTS) is 1. The molecule has 92 valence electrons. The predicted molar refractivity (Wildman–Crippen MR) is 66.3 cm³/mol. The molecular weight excluding hydrogens is 200 g/mol. The van der Waals surface area contributed by atoms with Gasteiger partial charge in [-0.05, 0) is 58.3 Å². The lowest BCUT2D eigenvalue weighted by molar-refractivity contribution is -0.151. The molecule has 0 amide bonds. The van der Waals surface area contributed by atoms with E-state index in [1.165, 1.54) is 5.57 Å². The third-order valence-electron chi connectivity index (χ3n) is 4.01. The molecule has 0 aromatic rings. The zero-order valence-corrected chi connectivity index (χ0v) is 10.9. The number of hydrogen-bond donors (Lipinski definition) is 1. The molecule has 0 aromatic heterocycles. The summed E-state index contributed by atoms with van der Waals surface area (Å²) >= 11 is 0. The fourth-order valence-corrected chi connectivity index (χ4v) is 2.56. The highest BCUT2D eigenvalue weighted by atomic mass is 16.4. The Labute approximate surface area is 98.7 Å². The summed E-state index contributed by atoms with van der Waals surface area (Å²) < 4.78 is 0. The summed E-state index contributed by atoms with van der Waals surface area (Å²) in [6.07, 6.45) is 5.98. The fraction of sp³-hybridized carbons (Fsp3) is 0.786. The van der Waals surface area contributed by atoms with E-state index in [2.05, 4.69) is 26.8 Å². The number of carboxylic acids is 1. The second-order valence-electron chi connectivity index (χ2n) is 5.86. The van der Waals surface area contributed by atoms with E-state index in [1.807, 2.05) is 6.92 Å². The van der Waals surface area contributed by atoms with Crippen LogP contribution in [0.4, 0.5) is 0 Å². The van der Waals surface area contributed by atoms with Gasteiger partial charge in [0.05, 0.1) is 5.41 Å². The highest BCUT2D eigenvalue weighted by Gasteiger charge is 2.40. The molecule has 1 aliphatic carbocycles. The van der Waals surface area contributed by atoms with Crippen molar-refractivity contribution in [3.8, 4) is 0 Å². The maximum atomic E-state index is 11.3. The Balaban J connectivity index is 2.69. The van der Waals surface area contributed by atoms with Crippen LogP contribution in [-0.4, -0.2) is 11.1 Å².